The second kappa shape index (κ2) is 8.53. The Balaban J connectivity index is 1.49. The van der Waals surface area contributed by atoms with E-state index in [9.17, 15) is 14.0 Å². The molecule has 1 aliphatic rings. The normalized spacial score (nSPS) is 16.3. The summed E-state index contributed by atoms with van der Waals surface area (Å²) in [7, 11) is 0. The molecule has 1 aliphatic heterocycles. The van der Waals surface area contributed by atoms with E-state index < -0.39 is 5.82 Å². The number of carbonyl (C=O) groups is 2. The molecule has 6 nitrogen and oxygen atoms in total. The zero-order valence-electron chi connectivity index (χ0n) is 15.0. The predicted molar refractivity (Wildman–Crippen MR) is 98.4 cm³/mol. The highest BCUT2D eigenvalue weighted by atomic mass is 19.1. The highest BCUT2D eigenvalue weighted by Gasteiger charge is 2.31. The molecule has 1 saturated heterocycles. The number of hydrogen-bond donors (Lipinski definition) is 1. The summed E-state index contributed by atoms with van der Waals surface area (Å²) < 4.78 is 24.1. The number of nitrogens with one attached hydrogen (secondary N) is 1. The first-order valence-corrected chi connectivity index (χ1v) is 8.76. The maximum atomic E-state index is 13.4. The second-order valence-electron chi connectivity index (χ2n) is 6.15. The van der Waals surface area contributed by atoms with E-state index in [1.807, 2.05) is 6.92 Å². The molecule has 1 heterocycles. The van der Waals surface area contributed by atoms with Crippen LogP contribution in [0, 0.1) is 5.82 Å². The molecule has 27 heavy (non-hydrogen) atoms. The second-order valence-corrected chi connectivity index (χ2v) is 6.15. The molecule has 0 spiro atoms. The first-order chi connectivity index (χ1) is 13.0. The minimum absolute atomic E-state index is 0.154. The number of anilines is 1. The Morgan fingerprint density at radius 1 is 1.19 bits per heavy atom. The van der Waals surface area contributed by atoms with Crippen LogP contribution in [0.1, 0.15) is 13.3 Å². The summed E-state index contributed by atoms with van der Waals surface area (Å²) >= 11 is 0. The summed E-state index contributed by atoms with van der Waals surface area (Å²) in [5.74, 6) is 0.409. The minimum atomic E-state index is -0.406. The van der Waals surface area contributed by atoms with Gasteiger partial charge in [-0.2, -0.15) is 0 Å². The zero-order valence-corrected chi connectivity index (χ0v) is 15.0. The smallest absolute Gasteiger partial charge is 0.258 e. The number of rotatable bonds is 7. The van der Waals surface area contributed by atoms with E-state index in [0.29, 0.717) is 24.6 Å². The molecule has 1 fully saturated rings. The van der Waals surface area contributed by atoms with Gasteiger partial charge in [0.25, 0.3) is 5.91 Å². The molecular weight excluding hydrogens is 351 g/mol. The Morgan fingerprint density at radius 2 is 1.89 bits per heavy atom. The lowest BCUT2D eigenvalue weighted by molar-refractivity contribution is -0.123. The molecule has 0 radical (unpaired) electrons. The standard InChI is InChI=1S/C20H21FN2O4/c1-2-26-17-6-8-18(9-7-17)27-13-19(24)22-15-11-20(25)23(12-15)16-5-3-4-14(21)10-16/h3-10,15H,2,11-13H2,1H3,(H,22,24). The summed E-state index contributed by atoms with van der Waals surface area (Å²) in [4.78, 5) is 25.7. The minimum Gasteiger partial charge on any atom is -0.494 e. The fraction of sp³-hybridized carbons (Fsp3) is 0.300. The topological polar surface area (TPSA) is 67.9 Å². The Bertz CT molecular complexity index is 810. The molecule has 1 N–H and O–H groups in total. The Hall–Kier alpha value is -3.09. The first-order valence-electron chi connectivity index (χ1n) is 8.76. The third-order valence-corrected chi connectivity index (χ3v) is 4.11. The van der Waals surface area contributed by atoms with Gasteiger partial charge in [-0.1, -0.05) is 6.07 Å². The number of carbonyl (C=O) groups excluding carboxylic acids is 2. The maximum Gasteiger partial charge on any atom is 0.258 e. The molecule has 0 aliphatic carbocycles. The SMILES string of the molecule is CCOc1ccc(OCC(=O)NC2CC(=O)N(c3cccc(F)c3)C2)cc1. The van der Waals surface area contributed by atoms with Gasteiger partial charge < -0.3 is 19.7 Å². The van der Waals surface area contributed by atoms with Crippen molar-refractivity contribution in [3.63, 3.8) is 0 Å². The van der Waals surface area contributed by atoms with E-state index in [2.05, 4.69) is 5.32 Å². The molecular formula is C20H21FN2O4. The van der Waals surface area contributed by atoms with Crippen LogP contribution in [0.15, 0.2) is 48.5 Å². The number of hydrogen-bond acceptors (Lipinski definition) is 4. The van der Waals surface area contributed by atoms with Crippen molar-refractivity contribution in [2.24, 2.45) is 0 Å². The molecule has 2 aromatic carbocycles. The molecule has 7 heteroatoms. The number of benzene rings is 2. The van der Waals surface area contributed by atoms with Crippen LogP contribution in [0.5, 0.6) is 11.5 Å². The van der Waals surface area contributed by atoms with Crippen molar-refractivity contribution in [3.05, 3.63) is 54.3 Å². The van der Waals surface area contributed by atoms with Crippen LogP contribution < -0.4 is 19.7 Å². The highest BCUT2D eigenvalue weighted by Crippen LogP contribution is 2.22. The summed E-state index contributed by atoms with van der Waals surface area (Å²) in [6.07, 6.45) is 0.172. The number of ether oxygens (including phenoxy) is 2. The average molecular weight is 372 g/mol. The molecule has 2 aromatic rings. The summed E-state index contributed by atoms with van der Waals surface area (Å²) in [5, 5.41) is 2.78. The molecule has 1 unspecified atom stereocenters. The van der Waals surface area contributed by atoms with Crippen LogP contribution in [0.25, 0.3) is 0 Å². The molecule has 1 atom stereocenters. The van der Waals surface area contributed by atoms with Gasteiger partial charge in [-0.25, -0.2) is 4.39 Å². The van der Waals surface area contributed by atoms with Crippen LogP contribution in [-0.4, -0.2) is 37.6 Å². The predicted octanol–water partition coefficient (Wildman–Crippen LogP) is 2.52. The van der Waals surface area contributed by atoms with Crippen LogP contribution in [0.2, 0.25) is 0 Å². The van der Waals surface area contributed by atoms with Crippen molar-refractivity contribution in [2.75, 3.05) is 24.7 Å². The Kier molecular flexibility index (Phi) is 5.90. The van der Waals surface area contributed by atoms with Gasteiger partial charge in [0.2, 0.25) is 5.91 Å². The third-order valence-electron chi connectivity index (χ3n) is 4.11. The van der Waals surface area contributed by atoms with Crippen molar-refractivity contribution in [1.82, 2.24) is 5.32 Å². The van der Waals surface area contributed by atoms with E-state index in [1.165, 1.54) is 17.0 Å². The molecule has 0 aromatic heterocycles. The fourth-order valence-corrected chi connectivity index (χ4v) is 2.91. The Morgan fingerprint density at radius 3 is 2.56 bits per heavy atom. The van der Waals surface area contributed by atoms with Crippen molar-refractivity contribution < 1.29 is 23.5 Å². The van der Waals surface area contributed by atoms with E-state index in [0.717, 1.165) is 5.75 Å². The van der Waals surface area contributed by atoms with Crippen LogP contribution in [0.3, 0.4) is 0 Å². The van der Waals surface area contributed by atoms with Gasteiger partial charge in [0.15, 0.2) is 6.61 Å². The van der Waals surface area contributed by atoms with Crippen LogP contribution >= 0.6 is 0 Å². The average Bonchev–Trinajstić information content (AvgIpc) is 3.01. The van der Waals surface area contributed by atoms with E-state index >= 15 is 0 Å². The monoisotopic (exact) mass is 372 g/mol. The van der Waals surface area contributed by atoms with Crippen molar-refractivity contribution in [2.45, 2.75) is 19.4 Å². The quantitative estimate of drug-likeness (QED) is 0.811. The van der Waals surface area contributed by atoms with Gasteiger partial charge in [0, 0.05) is 18.7 Å². The Labute approximate surface area is 156 Å². The van der Waals surface area contributed by atoms with Gasteiger partial charge >= 0.3 is 0 Å². The highest BCUT2D eigenvalue weighted by molar-refractivity contribution is 5.96. The van der Waals surface area contributed by atoms with Gasteiger partial charge in [-0.3, -0.25) is 9.59 Å². The van der Waals surface area contributed by atoms with Crippen molar-refractivity contribution >= 4 is 17.5 Å². The summed E-state index contributed by atoms with van der Waals surface area (Å²) in [5.41, 5.74) is 0.488. The third kappa shape index (κ3) is 4.97. The van der Waals surface area contributed by atoms with E-state index in [1.54, 1.807) is 36.4 Å². The molecule has 0 saturated carbocycles. The van der Waals surface area contributed by atoms with Crippen molar-refractivity contribution in [1.29, 1.82) is 0 Å². The molecule has 0 bridgehead atoms. The maximum absolute atomic E-state index is 13.4. The molecule has 2 amide bonds. The number of nitrogens with zero attached hydrogens (tertiary/aromatic N) is 1. The van der Waals surface area contributed by atoms with E-state index in [4.69, 9.17) is 9.47 Å². The molecule has 3 rings (SSSR count). The van der Waals surface area contributed by atoms with Gasteiger partial charge in [-0.05, 0) is 49.4 Å². The van der Waals surface area contributed by atoms with Crippen LogP contribution in [0.4, 0.5) is 10.1 Å². The van der Waals surface area contributed by atoms with Gasteiger partial charge in [-0.15, -0.1) is 0 Å². The summed E-state index contributed by atoms with van der Waals surface area (Å²) in [6, 6.07) is 12.5. The lowest BCUT2D eigenvalue weighted by atomic mass is 10.2. The first kappa shape index (κ1) is 18.7. The fourth-order valence-electron chi connectivity index (χ4n) is 2.91. The van der Waals surface area contributed by atoms with Gasteiger partial charge in [0.05, 0.1) is 12.6 Å². The number of halogens is 1. The largest absolute Gasteiger partial charge is 0.494 e. The van der Waals surface area contributed by atoms with E-state index in [-0.39, 0.29) is 30.9 Å². The van der Waals surface area contributed by atoms with Crippen molar-refractivity contribution in [3.8, 4) is 11.5 Å². The van der Waals surface area contributed by atoms with Crippen LogP contribution in [-0.2, 0) is 9.59 Å². The molecule has 142 valence electrons. The lowest BCUT2D eigenvalue weighted by Gasteiger charge is -2.17. The van der Waals surface area contributed by atoms with Gasteiger partial charge in [0.1, 0.15) is 17.3 Å². The lowest BCUT2D eigenvalue weighted by Crippen LogP contribution is -2.39. The zero-order chi connectivity index (χ0) is 19.2. The summed E-state index contributed by atoms with van der Waals surface area (Å²) in [6.45, 7) is 2.63. The number of amides is 2.